The number of rotatable bonds is 4. The third-order valence-electron chi connectivity index (χ3n) is 2.01. The molecule has 0 fully saturated rings. The minimum Gasteiger partial charge on any atom is -0.391 e. The molecule has 0 spiro atoms. The summed E-state index contributed by atoms with van der Waals surface area (Å²) in [7, 11) is 0. The molecule has 1 heterocycles. The molecule has 74 valence electrons. The minimum absolute atomic E-state index is 0.456. The molecule has 0 aliphatic rings. The van der Waals surface area contributed by atoms with Crippen molar-refractivity contribution >= 4 is 0 Å². The van der Waals surface area contributed by atoms with Crippen molar-refractivity contribution in [2.24, 2.45) is 0 Å². The normalized spacial score (nSPS) is 15.7. The van der Waals surface area contributed by atoms with Gasteiger partial charge in [-0.15, -0.1) is 0 Å². The van der Waals surface area contributed by atoms with Crippen molar-refractivity contribution in [2.75, 3.05) is 0 Å². The molecule has 4 heteroatoms. The van der Waals surface area contributed by atoms with Gasteiger partial charge in [-0.2, -0.15) is 5.10 Å². The summed E-state index contributed by atoms with van der Waals surface area (Å²) in [5.41, 5.74) is 0.954. The molecular formula is C9H16N2O2. The molecular weight excluding hydrogens is 168 g/mol. The average molecular weight is 184 g/mol. The summed E-state index contributed by atoms with van der Waals surface area (Å²) in [4.78, 5) is 0. The van der Waals surface area contributed by atoms with Gasteiger partial charge >= 0.3 is 0 Å². The molecule has 4 nitrogen and oxygen atoms in total. The molecule has 0 radical (unpaired) electrons. The fraction of sp³-hybridized carbons (Fsp3) is 0.667. The van der Waals surface area contributed by atoms with E-state index in [0.717, 1.165) is 12.1 Å². The topological polar surface area (TPSA) is 58.3 Å². The zero-order valence-corrected chi connectivity index (χ0v) is 8.01. The van der Waals surface area contributed by atoms with E-state index in [0.29, 0.717) is 6.42 Å². The standard InChI is InChI=1S/C9H16N2O2/c1-3-11-6-8(5-10-11)4-9(13)7(2)12/h5-7,9,12-13H,3-4H2,1-2H3. The van der Waals surface area contributed by atoms with Gasteiger partial charge < -0.3 is 10.2 Å². The van der Waals surface area contributed by atoms with Crippen molar-refractivity contribution < 1.29 is 10.2 Å². The number of nitrogens with zero attached hydrogens (tertiary/aromatic N) is 2. The fourth-order valence-corrected chi connectivity index (χ4v) is 1.10. The van der Waals surface area contributed by atoms with E-state index in [2.05, 4.69) is 5.10 Å². The van der Waals surface area contributed by atoms with Crippen LogP contribution >= 0.6 is 0 Å². The van der Waals surface area contributed by atoms with Gasteiger partial charge in [0.2, 0.25) is 0 Å². The maximum Gasteiger partial charge on any atom is 0.0837 e. The van der Waals surface area contributed by atoms with Crippen LogP contribution in [-0.2, 0) is 13.0 Å². The second-order valence-corrected chi connectivity index (χ2v) is 3.22. The zero-order chi connectivity index (χ0) is 9.84. The summed E-state index contributed by atoms with van der Waals surface area (Å²) in [6, 6.07) is 0. The predicted molar refractivity (Wildman–Crippen MR) is 49.3 cm³/mol. The summed E-state index contributed by atoms with van der Waals surface area (Å²) >= 11 is 0. The number of aliphatic hydroxyl groups excluding tert-OH is 2. The van der Waals surface area contributed by atoms with E-state index >= 15 is 0 Å². The van der Waals surface area contributed by atoms with E-state index in [-0.39, 0.29) is 0 Å². The van der Waals surface area contributed by atoms with Crippen LogP contribution in [-0.4, -0.2) is 32.2 Å². The maximum absolute atomic E-state index is 9.37. The van der Waals surface area contributed by atoms with Gasteiger partial charge in [-0.3, -0.25) is 4.68 Å². The first-order chi connectivity index (χ1) is 6.13. The SMILES string of the molecule is CCn1cc(CC(O)C(C)O)cn1. The first-order valence-corrected chi connectivity index (χ1v) is 4.51. The molecule has 1 aromatic heterocycles. The molecule has 2 atom stereocenters. The van der Waals surface area contributed by atoms with Crippen molar-refractivity contribution in [1.82, 2.24) is 9.78 Å². The molecule has 0 saturated heterocycles. The Labute approximate surface area is 77.8 Å². The second-order valence-electron chi connectivity index (χ2n) is 3.22. The Morgan fingerprint density at radius 2 is 2.23 bits per heavy atom. The van der Waals surface area contributed by atoms with Crippen LogP contribution in [0.3, 0.4) is 0 Å². The quantitative estimate of drug-likeness (QED) is 0.702. The number of aliphatic hydroxyl groups is 2. The van der Waals surface area contributed by atoms with Crippen LogP contribution in [0.15, 0.2) is 12.4 Å². The molecule has 1 rings (SSSR count). The van der Waals surface area contributed by atoms with Crippen LogP contribution in [0, 0.1) is 0 Å². The lowest BCUT2D eigenvalue weighted by molar-refractivity contribution is 0.0319. The van der Waals surface area contributed by atoms with Crippen molar-refractivity contribution in [2.45, 2.75) is 39.0 Å². The Kier molecular flexibility index (Phi) is 3.45. The molecule has 0 aliphatic heterocycles. The highest BCUT2D eigenvalue weighted by atomic mass is 16.3. The molecule has 2 unspecified atom stereocenters. The second kappa shape index (κ2) is 4.39. The lowest BCUT2D eigenvalue weighted by atomic mass is 10.1. The van der Waals surface area contributed by atoms with Crippen molar-refractivity contribution in [3.63, 3.8) is 0 Å². The molecule has 0 saturated carbocycles. The van der Waals surface area contributed by atoms with Gasteiger partial charge in [-0.1, -0.05) is 0 Å². The minimum atomic E-state index is -0.700. The van der Waals surface area contributed by atoms with Gasteiger partial charge in [0.1, 0.15) is 0 Å². The molecule has 0 aliphatic carbocycles. The smallest absolute Gasteiger partial charge is 0.0837 e. The van der Waals surface area contributed by atoms with Crippen LogP contribution in [0.1, 0.15) is 19.4 Å². The van der Waals surface area contributed by atoms with Crippen molar-refractivity contribution in [1.29, 1.82) is 0 Å². The average Bonchev–Trinajstić information content (AvgIpc) is 2.52. The Morgan fingerprint density at radius 1 is 1.54 bits per heavy atom. The van der Waals surface area contributed by atoms with E-state index in [9.17, 15) is 5.11 Å². The van der Waals surface area contributed by atoms with E-state index in [1.807, 2.05) is 13.1 Å². The number of hydrogen-bond acceptors (Lipinski definition) is 3. The Bertz CT molecular complexity index is 258. The first-order valence-electron chi connectivity index (χ1n) is 4.51. The number of aryl methyl sites for hydroxylation is 1. The van der Waals surface area contributed by atoms with Crippen LogP contribution in [0.25, 0.3) is 0 Å². The molecule has 0 aromatic carbocycles. The monoisotopic (exact) mass is 184 g/mol. The van der Waals surface area contributed by atoms with E-state index in [4.69, 9.17) is 5.11 Å². The van der Waals surface area contributed by atoms with Gasteiger partial charge in [0.05, 0.1) is 18.4 Å². The molecule has 2 N–H and O–H groups in total. The molecule has 13 heavy (non-hydrogen) atoms. The summed E-state index contributed by atoms with van der Waals surface area (Å²) in [6.07, 6.45) is 2.66. The lowest BCUT2D eigenvalue weighted by Gasteiger charge is -2.11. The Morgan fingerprint density at radius 3 is 2.69 bits per heavy atom. The van der Waals surface area contributed by atoms with Crippen LogP contribution in [0.2, 0.25) is 0 Å². The van der Waals surface area contributed by atoms with Crippen molar-refractivity contribution in [3.8, 4) is 0 Å². The number of aromatic nitrogens is 2. The molecule has 0 bridgehead atoms. The fourth-order valence-electron chi connectivity index (χ4n) is 1.10. The first kappa shape index (κ1) is 10.2. The summed E-state index contributed by atoms with van der Waals surface area (Å²) in [5, 5.41) is 22.5. The van der Waals surface area contributed by atoms with Crippen LogP contribution < -0.4 is 0 Å². The molecule has 1 aromatic rings. The zero-order valence-electron chi connectivity index (χ0n) is 8.01. The highest BCUT2D eigenvalue weighted by Crippen LogP contribution is 2.05. The predicted octanol–water partition coefficient (Wildman–Crippen LogP) is 0.187. The molecule has 0 amide bonds. The van der Waals surface area contributed by atoms with Crippen molar-refractivity contribution in [3.05, 3.63) is 18.0 Å². The van der Waals surface area contributed by atoms with Gasteiger partial charge in [-0.05, 0) is 19.4 Å². The van der Waals surface area contributed by atoms with E-state index in [1.54, 1.807) is 17.8 Å². The van der Waals surface area contributed by atoms with Crippen LogP contribution in [0.4, 0.5) is 0 Å². The summed E-state index contributed by atoms with van der Waals surface area (Å²) in [5.74, 6) is 0. The lowest BCUT2D eigenvalue weighted by Crippen LogP contribution is -2.24. The van der Waals surface area contributed by atoms with E-state index < -0.39 is 12.2 Å². The Hall–Kier alpha value is -0.870. The van der Waals surface area contributed by atoms with Gasteiger partial charge in [-0.25, -0.2) is 0 Å². The Balaban J connectivity index is 2.53. The highest BCUT2D eigenvalue weighted by molar-refractivity contribution is 5.05. The van der Waals surface area contributed by atoms with Gasteiger partial charge in [0, 0.05) is 19.2 Å². The van der Waals surface area contributed by atoms with Crippen LogP contribution in [0.5, 0.6) is 0 Å². The summed E-state index contributed by atoms with van der Waals surface area (Å²) in [6.45, 7) is 4.40. The van der Waals surface area contributed by atoms with Gasteiger partial charge in [0.25, 0.3) is 0 Å². The van der Waals surface area contributed by atoms with E-state index in [1.165, 1.54) is 0 Å². The third kappa shape index (κ3) is 2.82. The third-order valence-corrected chi connectivity index (χ3v) is 2.01. The highest BCUT2D eigenvalue weighted by Gasteiger charge is 2.12. The maximum atomic E-state index is 9.37. The number of hydrogen-bond donors (Lipinski definition) is 2. The largest absolute Gasteiger partial charge is 0.391 e. The summed E-state index contributed by atoms with van der Waals surface area (Å²) < 4.78 is 1.80. The van der Waals surface area contributed by atoms with Gasteiger partial charge in [0.15, 0.2) is 0 Å².